The van der Waals surface area contributed by atoms with E-state index in [0.29, 0.717) is 15.5 Å². The fourth-order valence-electron chi connectivity index (χ4n) is 2.96. The molecule has 4 atom stereocenters. The van der Waals surface area contributed by atoms with Crippen molar-refractivity contribution < 1.29 is 32.9 Å². The lowest BCUT2D eigenvalue weighted by Gasteiger charge is -2.38. The summed E-state index contributed by atoms with van der Waals surface area (Å²) in [4.78, 5) is 0.595. The van der Waals surface area contributed by atoms with E-state index in [1.54, 1.807) is 12.1 Å². The van der Waals surface area contributed by atoms with Crippen molar-refractivity contribution in [2.24, 2.45) is 5.73 Å². The second-order valence-electron chi connectivity index (χ2n) is 6.96. The Bertz CT molecular complexity index is 1060. The molecule has 12 heteroatoms. The molecular weight excluding hydrogens is 483 g/mol. The average Bonchev–Trinajstić information content (AvgIpc) is 2.78. The molecule has 176 valence electrons. The van der Waals surface area contributed by atoms with Gasteiger partial charge in [-0.1, -0.05) is 23.4 Å². The van der Waals surface area contributed by atoms with Crippen molar-refractivity contribution in [2.45, 2.75) is 28.8 Å². The summed E-state index contributed by atoms with van der Waals surface area (Å²) in [5.74, 6) is -4.35. The first-order valence-corrected chi connectivity index (χ1v) is 10.8. The minimum Gasteiger partial charge on any atom is -0.397 e. The molecule has 1 saturated heterocycles. The molecule has 7 nitrogen and oxygen atoms in total. The van der Waals surface area contributed by atoms with Crippen LogP contribution in [0.5, 0.6) is 0 Å². The summed E-state index contributed by atoms with van der Waals surface area (Å²) in [6, 6.07) is 8.22. The summed E-state index contributed by atoms with van der Waals surface area (Å²) in [7, 11) is 0. The zero-order valence-electron chi connectivity index (χ0n) is 16.8. The van der Waals surface area contributed by atoms with Gasteiger partial charge in [0.25, 0.3) is 0 Å². The number of aliphatic hydroxyl groups excluding tert-OH is 2. The minimum absolute atomic E-state index is 0.0331. The molecule has 1 aliphatic rings. The molecule has 33 heavy (non-hydrogen) atoms. The van der Waals surface area contributed by atoms with Crippen molar-refractivity contribution in [2.75, 3.05) is 13.2 Å². The Kier molecular flexibility index (Phi) is 8.47. The highest BCUT2D eigenvalue weighted by atomic mass is 35.5. The number of nitriles is 1. The molecule has 0 bridgehead atoms. The Balaban J connectivity index is 1.74. The zero-order chi connectivity index (χ0) is 24.1. The summed E-state index contributed by atoms with van der Waals surface area (Å²) < 4.78 is 51.3. The number of benzene rings is 2. The van der Waals surface area contributed by atoms with E-state index < -0.39 is 48.0 Å². The van der Waals surface area contributed by atoms with Crippen LogP contribution in [0.3, 0.4) is 0 Å². The molecule has 3 rings (SSSR count). The van der Waals surface area contributed by atoms with Gasteiger partial charge < -0.3 is 30.7 Å². The van der Waals surface area contributed by atoms with Crippen molar-refractivity contribution in [3.63, 3.8) is 0 Å². The number of thioether (sulfide) groups is 1. The highest BCUT2D eigenvalue weighted by molar-refractivity contribution is 7.99. The molecule has 5 N–H and O–H groups in total. The number of nitrogens with one attached hydrogen (secondary N) is 1. The Hall–Kier alpha value is -2.46. The molecule has 4 unspecified atom stereocenters. The molecule has 1 fully saturated rings. The standard InChI is InChI=1S/C21H19ClF3N3O4S/c22-12-1-10(6-26)2-13(5-12)33-21-17(31-20(30)18(9-29)32-21)8-28-7-16(27)11-3-14(23)19(25)15(24)4-11/h1-5,7,17-18,20-21,28-30H,8-9,27H2/b16-7-. The zero-order valence-corrected chi connectivity index (χ0v) is 18.4. The van der Waals surface area contributed by atoms with E-state index in [0.717, 1.165) is 23.9 Å². The van der Waals surface area contributed by atoms with E-state index in [2.05, 4.69) is 5.32 Å². The topological polar surface area (TPSA) is 121 Å². The number of hydrogen-bond acceptors (Lipinski definition) is 8. The van der Waals surface area contributed by atoms with Crippen LogP contribution in [0.25, 0.3) is 5.70 Å². The van der Waals surface area contributed by atoms with Crippen LogP contribution in [-0.2, 0) is 9.47 Å². The van der Waals surface area contributed by atoms with Gasteiger partial charge in [0, 0.05) is 28.2 Å². The monoisotopic (exact) mass is 501 g/mol. The van der Waals surface area contributed by atoms with E-state index in [1.807, 2.05) is 6.07 Å². The first kappa shape index (κ1) is 25.2. The third-order valence-corrected chi connectivity index (χ3v) is 5.94. The first-order chi connectivity index (χ1) is 15.7. The summed E-state index contributed by atoms with van der Waals surface area (Å²) in [5, 5.41) is 31.8. The van der Waals surface area contributed by atoms with E-state index in [-0.39, 0.29) is 17.8 Å². The fourth-order valence-corrected chi connectivity index (χ4v) is 4.43. The lowest BCUT2D eigenvalue weighted by atomic mass is 10.1. The number of ether oxygens (including phenoxy) is 2. The summed E-state index contributed by atoms with van der Waals surface area (Å²) in [6.07, 6.45) is -1.94. The molecule has 0 spiro atoms. The molecule has 1 heterocycles. The average molecular weight is 502 g/mol. The normalized spacial score (nSPS) is 23.2. The van der Waals surface area contributed by atoms with Gasteiger partial charge in [0.2, 0.25) is 0 Å². The molecule has 2 aromatic carbocycles. The minimum atomic E-state index is -1.60. The second-order valence-corrected chi connectivity index (χ2v) is 8.57. The number of hydrogen-bond donors (Lipinski definition) is 4. The number of nitrogens with zero attached hydrogens (tertiary/aromatic N) is 1. The van der Waals surface area contributed by atoms with Crippen molar-refractivity contribution in [1.82, 2.24) is 5.32 Å². The van der Waals surface area contributed by atoms with Crippen LogP contribution in [0.4, 0.5) is 13.2 Å². The molecule has 0 aromatic heterocycles. The second kappa shape index (κ2) is 11.1. The summed E-state index contributed by atoms with van der Waals surface area (Å²) >= 11 is 7.20. The lowest BCUT2D eigenvalue weighted by molar-refractivity contribution is -0.270. The van der Waals surface area contributed by atoms with Gasteiger partial charge in [-0.2, -0.15) is 5.26 Å². The fraction of sp³-hybridized carbons (Fsp3) is 0.286. The van der Waals surface area contributed by atoms with E-state index in [9.17, 15) is 23.4 Å². The SMILES string of the molecule is N#Cc1cc(Cl)cc(SC2OC(CO)C(O)OC2CN/C=C(\N)c2cc(F)c(F)c(F)c2)c1. The molecule has 0 saturated carbocycles. The van der Waals surface area contributed by atoms with Crippen LogP contribution in [-0.4, -0.2) is 47.3 Å². The maximum absolute atomic E-state index is 13.4. The predicted octanol–water partition coefficient (Wildman–Crippen LogP) is 2.69. The van der Waals surface area contributed by atoms with Gasteiger partial charge in [-0.25, -0.2) is 13.2 Å². The van der Waals surface area contributed by atoms with Crippen LogP contribution in [0, 0.1) is 28.8 Å². The molecule has 2 aromatic rings. The van der Waals surface area contributed by atoms with Crippen LogP contribution >= 0.6 is 23.4 Å². The van der Waals surface area contributed by atoms with Crippen molar-refractivity contribution >= 4 is 29.1 Å². The molecule has 0 amide bonds. The van der Waals surface area contributed by atoms with Crippen LogP contribution < -0.4 is 11.1 Å². The van der Waals surface area contributed by atoms with Gasteiger partial charge in [-0.3, -0.25) is 0 Å². The molecule has 1 aliphatic heterocycles. The van der Waals surface area contributed by atoms with Gasteiger partial charge >= 0.3 is 0 Å². The first-order valence-electron chi connectivity index (χ1n) is 9.53. The van der Waals surface area contributed by atoms with Crippen molar-refractivity contribution in [3.8, 4) is 6.07 Å². The third kappa shape index (κ3) is 6.32. The molecule has 0 aliphatic carbocycles. The smallest absolute Gasteiger partial charge is 0.194 e. The number of aliphatic hydroxyl groups is 2. The Morgan fingerprint density at radius 2 is 1.88 bits per heavy atom. The maximum atomic E-state index is 13.4. The predicted molar refractivity (Wildman–Crippen MR) is 115 cm³/mol. The largest absolute Gasteiger partial charge is 0.397 e. The Morgan fingerprint density at radius 1 is 1.18 bits per heavy atom. The Morgan fingerprint density at radius 3 is 2.52 bits per heavy atom. The van der Waals surface area contributed by atoms with Crippen LogP contribution in [0.15, 0.2) is 41.4 Å². The van der Waals surface area contributed by atoms with Gasteiger partial charge in [-0.15, -0.1) is 0 Å². The molecule has 0 radical (unpaired) electrons. The van der Waals surface area contributed by atoms with Crippen molar-refractivity contribution in [3.05, 3.63) is 70.1 Å². The van der Waals surface area contributed by atoms with E-state index in [4.69, 9.17) is 32.1 Å². The summed E-state index contributed by atoms with van der Waals surface area (Å²) in [6.45, 7) is -0.461. The van der Waals surface area contributed by atoms with E-state index in [1.165, 1.54) is 12.3 Å². The van der Waals surface area contributed by atoms with Crippen LogP contribution in [0.1, 0.15) is 11.1 Å². The highest BCUT2D eigenvalue weighted by Gasteiger charge is 2.38. The summed E-state index contributed by atoms with van der Waals surface area (Å²) in [5.41, 5.74) is 5.27. The molecular formula is C21H19ClF3N3O4S. The highest BCUT2D eigenvalue weighted by Crippen LogP contribution is 2.34. The number of rotatable bonds is 7. The van der Waals surface area contributed by atoms with Gasteiger partial charge in [0.1, 0.15) is 17.6 Å². The van der Waals surface area contributed by atoms with Gasteiger partial charge in [-0.05, 0) is 30.3 Å². The van der Waals surface area contributed by atoms with Gasteiger partial charge in [0.15, 0.2) is 23.7 Å². The lowest BCUT2D eigenvalue weighted by Crippen LogP contribution is -2.52. The number of nitrogens with two attached hydrogens (primary N) is 1. The quantitative estimate of drug-likeness (QED) is 0.427. The van der Waals surface area contributed by atoms with Crippen molar-refractivity contribution in [1.29, 1.82) is 5.26 Å². The van der Waals surface area contributed by atoms with Gasteiger partial charge in [0.05, 0.1) is 23.9 Å². The third-order valence-electron chi connectivity index (χ3n) is 4.57. The Labute approximate surface area is 196 Å². The maximum Gasteiger partial charge on any atom is 0.194 e. The number of halogens is 4. The van der Waals surface area contributed by atoms with E-state index >= 15 is 0 Å². The van der Waals surface area contributed by atoms with Crippen LogP contribution in [0.2, 0.25) is 5.02 Å².